The minimum atomic E-state index is -2.08. The van der Waals surface area contributed by atoms with Crippen LogP contribution in [0.1, 0.15) is 0 Å². The van der Waals surface area contributed by atoms with Crippen LogP contribution in [0.4, 0.5) is 0 Å². The van der Waals surface area contributed by atoms with Gasteiger partial charge in [0, 0.05) is 0 Å². The van der Waals surface area contributed by atoms with Crippen molar-refractivity contribution in [2.24, 2.45) is 0 Å². The van der Waals surface area contributed by atoms with Gasteiger partial charge in [0.25, 0.3) is 0 Å². The second kappa shape index (κ2) is 2.69. The number of halogens is 1. The Morgan fingerprint density at radius 3 is 1.83 bits per heavy atom. The van der Waals surface area contributed by atoms with Gasteiger partial charge in [0.1, 0.15) is 0 Å². The molecule has 4 heteroatoms. The summed E-state index contributed by atoms with van der Waals surface area (Å²) >= 11 is -2.08. The number of hydrogen-bond acceptors (Lipinski definition) is 1. The van der Waals surface area contributed by atoms with E-state index in [9.17, 15) is 3.83 Å². The average Bonchev–Trinajstić information content (AvgIpc) is 1.36. The molecule has 1 unspecified atom stereocenters. The van der Waals surface area contributed by atoms with Gasteiger partial charge in [-0.25, -0.2) is 0 Å². The average molecular weight is 174 g/mol. The Labute approximate surface area is 45.6 Å². The van der Waals surface area contributed by atoms with Crippen molar-refractivity contribution in [3.8, 4) is 0 Å². The van der Waals surface area contributed by atoms with Crippen LogP contribution in [0.15, 0.2) is 0 Å². The van der Waals surface area contributed by atoms with E-state index in [0.29, 0.717) is 0 Å². The molecule has 0 aliphatic heterocycles. The van der Waals surface area contributed by atoms with E-state index < -0.39 is 13.1 Å². The summed E-state index contributed by atoms with van der Waals surface area (Å²) in [5.74, 6) is 0. The molecule has 0 aliphatic carbocycles. The first-order valence-electron chi connectivity index (χ1n) is 1.40. The van der Waals surface area contributed by atoms with Crippen LogP contribution in [-0.2, 0) is 3.83 Å². The van der Waals surface area contributed by atoms with Crippen molar-refractivity contribution < 1.29 is 3.83 Å². The zero-order valence-corrected chi connectivity index (χ0v) is 6.11. The Balaban J connectivity index is 3.26. The van der Waals surface area contributed by atoms with Crippen LogP contribution < -0.4 is 0 Å². The molecule has 0 saturated carbocycles. The summed E-state index contributed by atoms with van der Waals surface area (Å²) in [7, 11) is 8.48. The molecule has 0 fully saturated rings. The molecule has 38 valence electrons. The maximum absolute atomic E-state index is 10.0. The van der Waals surface area contributed by atoms with Gasteiger partial charge in [-0.1, -0.05) is 0 Å². The molecule has 0 aromatic heterocycles. The van der Waals surface area contributed by atoms with Gasteiger partial charge >= 0.3 is 45.1 Å². The van der Waals surface area contributed by atoms with E-state index in [1.807, 2.05) is 0 Å². The molecule has 0 aliphatic rings. The zero-order chi connectivity index (χ0) is 5.15. The zero-order valence-electron chi connectivity index (χ0n) is 3.64. The molecule has 0 rings (SSSR count). The van der Waals surface area contributed by atoms with Crippen molar-refractivity contribution in [3.05, 3.63) is 0 Å². The molecule has 1 atom stereocenters. The first-order valence-corrected chi connectivity index (χ1v) is 5.11. The molecule has 0 radical (unpaired) electrons. The summed E-state index contributed by atoms with van der Waals surface area (Å²) in [6, 6.07) is 0. The fraction of sp³-hybridized carbons (Fsp3) is 1.00. The van der Waals surface area contributed by atoms with Gasteiger partial charge < -0.3 is 0 Å². The normalized spacial score (nSPS) is 15.3. The first kappa shape index (κ1) is 6.57. The van der Waals surface area contributed by atoms with Gasteiger partial charge in [-0.05, 0) is 0 Å². The van der Waals surface area contributed by atoms with E-state index in [0.717, 1.165) is 0 Å². The summed E-state index contributed by atoms with van der Waals surface area (Å²) < 4.78 is 11.5. The van der Waals surface area contributed by atoms with Gasteiger partial charge in [0.15, 0.2) is 0 Å². The Kier molecular flexibility index (Phi) is 2.95. The molecule has 0 amide bonds. The van der Waals surface area contributed by atoms with Crippen LogP contribution >= 0.6 is 10.1 Å². The molecule has 0 bridgehead atoms. The molecule has 6 heavy (non-hydrogen) atoms. The van der Waals surface area contributed by atoms with Gasteiger partial charge in [0.2, 0.25) is 0 Å². The van der Waals surface area contributed by atoms with Crippen LogP contribution in [0, 0.1) is 0 Å². The molecule has 0 spiro atoms. The topological polar surface area (TPSA) is 20.3 Å². The Morgan fingerprint density at radius 2 is 1.83 bits per heavy atom. The third-order valence-electron chi connectivity index (χ3n) is 0.287. The summed E-state index contributed by atoms with van der Waals surface area (Å²) in [6.07, 6.45) is 0. The fourth-order valence-corrected chi connectivity index (χ4v) is 0. The van der Waals surface area contributed by atoms with E-state index >= 15 is 0 Å². The third-order valence-corrected chi connectivity index (χ3v) is 2.93. The van der Waals surface area contributed by atoms with Gasteiger partial charge in [-0.3, -0.25) is 0 Å². The fourth-order valence-electron chi connectivity index (χ4n) is 0. The molecular weight excluding hydrogens is 168 g/mol. The second-order valence-electron chi connectivity index (χ2n) is 1.02. The van der Waals surface area contributed by atoms with Crippen LogP contribution in [-0.4, -0.2) is 31.2 Å². The SMILES string of the molecule is CN(C)[Se](=O)Cl. The van der Waals surface area contributed by atoms with Crippen molar-refractivity contribution in [1.82, 2.24) is 3.92 Å². The predicted octanol–water partition coefficient (Wildman–Crippen LogP) is 0.202. The van der Waals surface area contributed by atoms with Gasteiger partial charge in [0.05, 0.1) is 0 Å². The summed E-state index contributed by atoms with van der Waals surface area (Å²) in [5, 5.41) is 0. The molecule has 0 saturated heterocycles. The number of rotatable bonds is 1. The maximum atomic E-state index is 10.0. The Bertz CT molecular complexity index is 64.6. The van der Waals surface area contributed by atoms with Crippen molar-refractivity contribution >= 4 is 23.2 Å². The van der Waals surface area contributed by atoms with Crippen molar-refractivity contribution in [2.75, 3.05) is 14.1 Å². The van der Waals surface area contributed by atoms with Crippen LogP contribution in [0.25, 0.3) is 0 Å². The van der Waals surface area contributed by atoms with Crippen molar-refractivity contribution in [3.63, 3.8) is 0 Å². The molecule has 2 nitrogen and oxygen atoms in total. The molecule has 0 N–H and O–H groups in total. The van der Waals surface area contributed by atoms with Crippen molar-refractivity contribution in [1.29, 1.82) is 0 Å². The van der Waals surface area contributed by atoms with Crippen LogP contribution in [0.2, 0.25) is 0 Å². The van der Waals surface area contributed by atoms with E-state index in [4.69, 9.17) is 10.1 Å². The summed E-state index contributed by atoms with van der Waals surface area (Å²) in [4.78, 5) is 0. The third kappa shape index (κ3) is 2.79. The molecule has 0 aromatic rings. The first-order chi connectivity index (χ1) is 2.64. The van der Waals surface area contributed by atoms with Gasteiger partial charge in [-0.2, -0.15) is 0 Å². The quantitative estimate of drug-likeness (QED) is 0.530. The monoisotopic (exact) mass is 175 g/mol. The summed E-state index contributed by atoms with van der Waals surface area (Å²) in [6.45, 7) is 0. The molecule has 0 aromatic carbocycles. The van der Waals surface area contributed by atoms with Gasteiger partial charge in [-0.15, -0.1) is 0 Å². The molecular formula is C2H6ClNOSe. The summed E-state index contributed by atoms with van der Waals surface area (Å²) in [5.41, 5.74) is 0. The van der Waals surface area contributed by atoms with E-state index in [1.165, 1.54) is 3.92 Å². The number of nitrogens with zero attached hydrogens (tertiary/aromatic N) is 1. The standard InChI is InChI=1S/C2H6ClNOSe/c1-4(2)6(3)5/h1-2H3. The van der Waals surface area contributed by atoms with E-state index in [1.54, 1.807) is 14.1 Å². The predicted molar refractivity (Wildman–Crippen MR) is 26.0 cm³/mol. The molecule has 0 heterocycles. The van der Waals surface area contributed by atoms with E-state index in [-0.39, 0.29) is 0 Å². The van der Waals surface area contributed by atoms with E-state index in [2.05, 4.69) is 0 Å². The Morgan fingerprint density at radius 1 is 1.67 bits per heavy atom. The Hall–Kier alpha value is 0.569. The van der Waals surface area contributed by atoms with Crippen LogP contribution in [0.3, 0.4) is 0 Å². The minimum absolute atomic E-state index is 1.50. The number of hydrogen-bond donors (Lipinski definition) is 0. The van der Waals surface area contributed by atoms with Crippen molar-refractivity contribution in [2.45, 2.75) is 0 Å². The van der Waals surface area contributed by atoms with Crippen LogP contribution in [0.5, 0.6) is 0 Å². The second-order valence-corrected chi connectivity index (χ2v) is 4.79.